The van der Waals surface area contributed by atoms with Crippen LogP contribution >= 0.6 is 0 Å². The van der Waals surface area contributed by atoms with E-state index in [1.807, 2.05) is 52.8 Å². The molecular formula is C24H27N5O4. The Kier molecular flexibility index (Phi) is 7.22. The van der Waals surface area contributed by atoms with Crippen LogP contribution in [0.5, 0.6) is 0 Å². The highest BCUT2D eigenvalue weighted by Gasteiger charge is 2.14. The summed E-state index contributed by atoms with van der Waals surface area (Å²) in [5, 5.41) is 9.58. The molecule has 0 saturated heterocycles. The molecule has 0 saturated carbocycles. The lowest BCUT2D eigenvalue weighted by molar-refractivity contribution is -0.126. The fourth-order valence-electron chi connectivity index (χ4n) is 3.50. The van der Waals surface area contributed by atoms with E-state index in [0.29, 0.717) is 5.82 Å². The van der Waals surface area contributed by atoms with Crippen LogP contribution in [0.15, 0.2) is 36.5 Å². The number of nitrogens with one attached hydrogen (secondary N) is 2. The van der Waals surface area contributed by atoms with Crippen molar-refractivity contribution in [2.24, 2.45) is 0 Å². The second-order valence-electron chi connectivity index (χ2n) is 7.92. The van der Waals surface area contributed by atoms with E-state index in [2.05, 4.69) is 20.7 Å². The highest BCUT2D eigenvalue weighted by atomic mass is 16.5. The number of amides is 2. The molecule has 2 amide bonds. The lowest BCUT2D eigenvalue weighted by atomic mass is 10.1. The molecule has 2 N–H and O–H groups in total. The fraction of sp³-hybridized carbons (Fsp3) is 0.292. The van der Waals surface area contributed by atoms with E-state index < -0.39 is 18.5 Å². The molecule has 2 heterocycles. The molecule has 33 heavy (non-hydrogen) atoms. The van der Waals surface area contributed by atoms with Crippen LogP contribution < -0.4 is 10.6 Å². The predicted octanol–water partition coefficient (Wildman–Crippen LogP) is 2.72. The molecule has 1 aromatic carbocycles. The first-order valence-corrected chi connectivity index (χ1v) is 10.4. The minimum atomic E-state index is -0.687. The number of nitrogens with zero attached hydrogens (tertiary/aromatic N) is 3. The van der Waals surface area contributed by atoms with Crippen LogP contribution in [0.2, 0.25) is 0 Å². The van der Waals surface area contributed by atoms with Gasteiger partial charge < -0.3 is 15.4 Å². The Morgan fingerprint density at radius 3 is 2.24 bits per heavy atom. The minimum Gasteiger partial charge on any atom is -0.452 e. The number of pyridine rings is 1. The van der Waals surface area contributed by atoms with Gasteiger partial charge in [0, 0.05) is 17.6 Å². The van der Waals surface area contributed by atoms with Crippen LogP contribution in [0.25, 0.3) is 5.82 Å². The molecule has 3 aromatic rings. The first-order valence-electron chi connectivity index (χ1n) is 10.4. The number of carbonyl (C=O) groups is 3. The maximum atomic E-state index is 12.2. The summed E-state index contributed by atoms with van der Waals surface area (Å²) in [5.74, 6) is -1.07. The van der Waals surface area contributed by atoms with Crippen LogP contribution in [-0.4, -0.2) is 45.7 Å². The Hall–Kier alpha value is -4.01. The molecule has 9 heteroatoms. The van der Waals surface area contributed by atoms with Crippen molar-refractivity contribution >= 4 is 23.5 Å². The van der Waals surface area contributed by atoms with Crippen molar-refractivity contribution in [3.63, 3.8) is 0 Å². The molecule has 9 nitrogen and oxygen atoms in total. The lowest BCUT2D eigenvalue weighted by Crippen LogP contribution is -2.35. The maximum Gasteiger partial charge on any atom is 0.340 e. The van der Waals surface area contributed by atoms with E-state index in [4.69, 9.17) is 4.74 Å². The summed E-state index contributed by atoms with van der Waals surface area (Å²) >= 11 is 0. The van der Waals surface area contributed by atoms with Crippen LogP contribution in [-0.2, 0) is 14.3 Å². The monoisotopic (exact) mass is 449 g/mol. The number of carbonyl (C=O) groups excluding carboxylic acids is 3. The van der Waals surface area contributed by atoms with Gasteiger partial charge in [-0.05, 0) is 63.9 Å². The Bertz CT molecular complexity index is 1180. The standard InChI is InChI=1S/C24H27N5O4/c1-14-8-15(2)23(16(3)9-14)27-21(30)12-26-22(31)13-33-24(32)19-6-7-20(25-11-19)29-18(5)10-17(4)28-29/h6-11H,12-13H2,1-5H3,(H,26,31)(H,27,30). The Balaban J connectivity index is 1.47. The summed E-state index contributed by atoms with van der Waals surface area (Å²) in [6, 6.07) is 9.07. The van der Waals surface area contributed by atoms with Crippen molar-refractivity contribution in [2.45, 2.75) is 34.6 Å². The third-order valence-corrected chi connectivity index (χ3v) is 4.93. The van der Waals surface area contributed by atoms with Gasteiger partial charge in [0.2, 0.25) is 5.91 Å². The topological polar surface area (TPSA) is 115 Å². The highest BCUT2D eigenvalue weighted by molar-refractivity contribution is 5.96. The summed E-state index contributed by atoms with van der Waals surface area (Å²) in [7, 11) is 0. The van der Waals surface area contributed by atoms with Crippen molar-refractivity contribution in [1.82, 2.24) is 20.1 Å². The van der Waals surface area contributed by atoms with Crippen molar-refractivity contribution < 1.29 is 19.1 Å². The normalized spacial score (nSPS) is 10.6. The van der Waals surface area contributed by atoms with Crippen molar-refractivity contribution in [1.29, 1.82) is 0 Å². The molecule has 172 valence electrons. The Labute approximate surface area is 192 Å². The number of aromatic nitrogens is 3. The molecule has 0 fully saturated rings. The molecule has 2 aromatic heterocycles. The van der Waals surface area contributed by atoms with Gasteiger partial charge in [-0.3, -0.25) is 9.59 Å². The fourth-order valence-corrected chi connectivity index (χ4v) is 3.50. The third-order valence-electron chi connectivity index (χ3n) is 4.93. The molecule has 0 unspecified atom stereocenters. The summed E-state index contributed by atoms with van der Waals surface area (Å²) < 4.78 is 6.69. The SMILES string of the molecule is Cc1cc(C)c(NC(=O)CNC(=O)COC(=O)c2ccc(-n3nc(C)cc3C)nc2)c(C)c1. The van der Waals surface area contributed by atoms with E-state index in [9.17, 15) is 14.4 Å². The van der Waals surface area contributed by atoms with Gasteiger partial charge in [0.1, 0.15) is 0 Å². The summed E-state index contributed by atoms with van der Waals surface area (Å²) in [4.78, 5) is 40.6. The van der Waals surface area contributed by atoms with Crippen molar-refractivity contribution in [2.75, 3.05) is 18.5 Å². The highest BCUT2D eigenvalue weighted by Crippen LogP contribution is 2.21. The number of hydrogen-bond acceptors (Lipinski definition) is 6. The van der Waals surface area contributed by atoms with Crippen LogP contribution in [0.4, 0.5) is 5.69 Å². The van der Waals surface area contributed by atoms with Crippen LogP contribution in [0.1, 0.15) is 38.4 Å². The summed E-state index contributed by atoms with van der Waals surface area (Å²) in [5.41, 5.74) is 5.70. The molecule has 0 bridgehead atoms. The number of ether oxygens (including phenoxy) is 1. The minimum absolute atomic E-state index is 0.205. The zero-order chi connectivity index (χ0) is 24.1. The van der Waals surface area contributed by atoms with Gasteiger partial charge in [0.15, 0.2) is 12.4 Å². The quantitative estimate of drug-likeness (QED) is 0.536. The van der Waals surface area contributed by atoms with Gasteiger partial charge in [0.25, 0.3) is 5.91 Å². The van der Waals surface area contributed by atoms with Crippen LogP contribution in [0, 0.1) is 34.6 Å². The van der Waals surface area contributed by atoms with Gasteiger partial charge in [-0.15, -0.1) is 0 Å². The largest absolute Gasteiger partial charge is 0.452 e. The smallest absolute Gasteiger partial charge is 0.340 e. The van der Waals surface area contributed by atoms with E-state index in [1.54, 1.807) is 16.8 Å². The van der Waals surface area contributed by atoms with Gasteiger partial charge in [-0.1, -0.05) is 17.7 Å². The predicted molar refractivity (Wildman–Crippen MR) is 123 cm³/mol. The second kappa shape index (κ2) is 10.1. The lowest BCUT2D eigenvalue weighted by Gasteiger charge is -2.13. The van der Waals surface area contributed by atoms with E-state index in [1.165, 1.54) is 6.20 Å². The number of benzene rings is 1. The Morgan fingerprint density at radius 1 is 0.970 bits per heavy atom. The summed E-state index contributed by atoms with van der Waals surface area (Å²) in [6.45, 7) is 8.85. The molecule has 0 aliphatic rings. The number of anilines is 1. The zero-order valence-electron chi connectivity index (χ0n) is 19.4. The third kappa shape index (κ3) is 6.03. The molecule has 0 aliphatic carbocycles. The molecule has 0 spiro atoms. The van der Waals surface area contributed by atoms with Crippen LogP contribution in [0.3, 0.4) is 0 Å². The molecule has 0 radical (unpaired) electrons. The average molecular weight is 450 g/mol. The molecule has 0 atom stereocenters. The van der Waals surface area contributed by atoms with Gasteiger partial charge in [0.05, 0.1) is 17.8 Å². The van der Waals surface area contributed by atoms with E-state index >= 15 is 0 Å². The van der Waals surface area contributed by atoms with Crippen molar-refractivity contribution in [3.8, 4) is 5.82 Å². The van der Waals surface area contributed by atoms with E-state index in [0.717, 1.165) is 33.8 Å². The molecular weight excluding hydrogens is 422 g/mol. The zero-order valence-corrected chi connectivity index (χ0v) is 19.4. The number of esters is 1. The first kappa shape index (κ1) is 23.6. The summed E-state index contributed by atoms with van der Waals surface area (Å²) in [6.07, 6.45) is 1.37. The molecule has 0 aliphatic heterocycles. The van der Waals surface area contributed by atoms with Gasteiger partial charge >= 0.3 is 5.97 Å². The number of rotatable bonds is 7. The first-order chi connectivity index (χ1) is 15.6. The number of aryl methyl sites for hydroxylation is 5. The van der Waals surface area contributed by atoms with E-state index in [-0.39, 0.29) is 18.0 Å². The van der Waals surface area contributed by atoms with Gasteiger partial charge in [-0.25, -0.2) is 14.5 Å². The molecule has 3 rings (SSSR count). The average Bonchev–Trinajstić information content (AvgIpc) is 3.11. The number of hydrogen-bond donors (Lipinski definition) is 2. The second-order valence-corrected chi connectivity index (χ2v) is 7.92. The van der Waals surface area contributed by atoms with Gasteiger partial charge in [-0.2, -0.15) is 5.10 Å². The van der Waals surface area contributed by atoms with Crippen molar-refractivity contribution in [3.05, 3.63) is 70.2 Å². The Morgan fingerprint density at radius 2 is 1.67 bits per heavy atom. The maximum absolute atomic E-state index is 12.2.